The molecule has 0 bridgehead atoms. The molecule has 3 heterocycles. The van der Waals surface area contributed by atoms with Crippen molar-refractivity contribution in [1.29, 1.82) is 0 Å². The topological polar surface area (TPSA) is 39.3 Å². The number of hydrazine groups is 1. The van der Waals surface area contributed by atoms with E-state index in [4.69, 9.17) is 0 Å². The van der Waals surface area contributed by atoms with Crippen molar-refractivity contribution in [1.82, 2.24) is 21.1 Å². The van der Waals surface area contributed by atoms with E-state index in [9.17, 15) is 0 Å². The predicted molar refractivity (Wildman–Crippen MR) is 73.5 cm³/mol. The standard InChI is InChI=1S/C14H24N4/c1-13(2,3)18-10-11-8-14(4-6-15-7-5-14)16-9-12(11)17-18/h9-10,15-17H,4-8H2,1-3H3. The lowest BCUT2D eigenvalue weighted by Crippen LogP contribution is -2.52. The van der Waals surface area contributed by atoms with Crippen molar-refractivity contribution in [2.45, 2.75) is 51.1 Å². The molecule has 0 aromatic carbocycles. The minimum Gasteiger partial charge on any atom is -0.383 e. The van der Waals surface area contributed by atoms with Gasteiger partial charge in [-0.1, -0.05) is 0 Å². The summed E-state index contributed by atoms with van der Waals surface area (Å²) in [5.74, 6) is 0. The first-order valence-electron chi connectivity index (χ1n) is 6.94. The van der Waals surface area contributed by atoms with Crippen LogP contribution in [0.3, 0.4) is 0 Å². The molecule has 1 fully saturated rings. The van der Waals surface area contributed by atoms with Gasteiger partial charge in [0.2, 0.25) is 0 Å². The SMILES string of the molecule is CC(C)(C)N1C=C2CC3(CCNCC3)NC=C2N1. The van der Waals surface area contributed by atoms with E-state index in [1.54, 1.807) is 0 Å². The van der Waals surface area contributed by atoms with Crippen molar-refractivity contribution in [3.63, 3.8) is 0 Å². The first kappa shape index (κ1) is 11.9. The molecule has 0 radical (unpaired) electrons. The van der Waals surface area contributed by atoms with Crippen LogP contribution in [0.2, 0.25) is 0 Å². The zero-order chi connectivity index (χ0) is 12.8. The molecular formula is C14H24N4. The smallest absolute Gasteiger partial charge is 0.0746 e. The van der Waals surface area contributed by atoms with Crippen molar-refractivity contribution < 1.29 is 0 Å². The van der Waals surface area contributed by atoms with Crippen LogP contribution in [0.15, 0.2) is 23.7 Å². The lowest BCUT2D eigenvalue weighted by Gasteiger charge is -2.41. The lowest BCUT2D eigenvalue weighted by molar-refractivity contribution is 0.168. The Hall–Kier alpha value is -1.16. The summed E-state index contributed by atoms with van der Waals surface area (Å²) in [5.41, 5.74) is 6.58. The van der Waals surface area contributed by atoms with Crippen LogP contribution >= 0.6 is 0 Å². The van der Waals surface area contributed by atoms with Gasteiger partial charge in [-0.2, -0.15) is 0 Å². The van der Waals surface area contributed by atoms with Crippen LogP contribution in [-0.2, 0) is 0 Å². The molecule has 0 aromatic heterocycles. The van der Waals surface area contributed by atoms with Gasteiger partial charge < -0.3 is 10.6 Å². The van der Waals surface area contributed by atoms with Crippen LogP contribution in [0, 0.1) is 0 Å². The summed E-state index contributed by atoms with van der Waals surface area (Å²) in [6, 6.07) is 0. The lowest BCUT2D eigenvalue weighted by atomic mass is 9.80. The van der Waals surface area contributed by atoms with Crippen molar-refractivity contribution >= 4 is 0 Å². The summed E-state index contributed by atoms with van der Waals surface area (Å²) in [7, 11) is 0. The quantitative estimate of drug-likeness (QED) is 0.607. The molecule has 0 aromatic rings. The molecule has 4 heteroatoms. The number of hydrogen-bond donors (Lipinski definition) is 3. The number of piperidine rings is 1. The molecule has 3 aliphatic heterocycles. The summed E-state index contributed by atoms with van der Waals surface area (Å²) in [4.78, 5) is 0. The third kappa shape index (κ3) is 1.99. The molecule has 3 aliphatic rings. The van der Waals surface area contributed by atoms with E-state index >= 15 is 0 Å². The van der Waals surface area contributed by atoms with Crippen LogP contribution in [-0.4, -0.2) is 29.2 Å². The molecule has 1 spiro atoms. The molecule has 0 aliphatic carbocycles. The Morgan fingerprint density at radius 2 is 1.94 bits per heavy atom. The highest BCUT2D eigenvalue weighted by Crippen LogP contribution is 2.36. The molecule has 0 saturated carbocycles. The van der Waals surface area contributed by atoms with Gasteiger partial charge in [0.05, 0.1) is 11.2 Å². The average molecular weight is 248 g/mol. The van der Waals surface area contributed by atoms with Gasteiger partial charge in [-0.15, -0.1) is 0 Å². The highest BCUT2D eigenvalue weighted by Gasteiger charge is 2.38. The van der Waals surface area contributed by atoms with Gasteiger partial charge in [0, 0.05) is 17.9 Å². The maximum absolute atomic E-state index is 3.65. The Morgan fingerprint density at radius 3 is 2.61 bits per heavy atom. The monoisotopic (exact) mass is 248 g/mol. The van der Waals surface area contributed by atoms with Crippen LogP contribution in [0.5, 0.6) is 0 Å². The second-order valence-electron chi connectivity index (χ2n) is 6.72. The predicted octanol–water partition coefficient (Wildman–Crippen LogP) is 1.45. The number of hydrogen-bond acceptors (Lipinski definition) is 4. The van der Waals surface area contributed by atoms with Crippen molar-refractivity contribution in [3.05, 3.63) is 23.7 Å². The number of rotatable bonds is 0. The van der Waals surface area contributed by atoms with Gasteiger partial charge in [0.1, 0.15) is 0 Å². The van der Waals surface area contributed by atoms with Gasteiger partial charge in [-0.25, -0.2) is 0 Å². The first-order chi connectivity index (χ1) is 8.49. The summed E-state index contributed by atoms with van der Waals surface area (Å²) < 4.78 is 0. The second kappa shape index (κ2) is 3.92. The maximum atomic E-state index is 3.65. The maximum Gasteiger partial charge on any atom is 0.0746 e. The van der Waals surface area contributed by atoms with E-state index in [1.165, 1.54) is 24.1 Å². The summed E-state index contributed by atoms with van der Waals surface area (Å²) >= 11 is 0. The second-order valence-corrected chi connectivity index (χ2v) is 6.72. The van der Waals surface area contributed by atoms with Gasteiger partial charge in [0.15, 0.2) is 0 Å². The molecule has 1 saturated heterocycles. The summed E-state index contributed by atoms with van der Waals surface area (Å²) in [5, 5.41) is 9.31. The van der Waals surface area contributed by atoms with E-state index in [0.29, 0.717) is 0 Å². The molecule has 0 atom stereocenters. The van der Waals surface area contributed by atoms with Crippen LogP contribution in [0.25, 0.3) is 0 Å². The van der Waals surface area contributed by atoms with Crippen LogP contribution < -0.4 is 16.1 Å². The number of allylic oxidation sites excluding steroid dienone is 1. The van der Waals surface area contributed by atoms with Gasteiger partial charge in [-0.3, -0.25) is 10.4 Å². The Bertz CT molecular complexity index is 397. The summed E-state index contributed by atoms with van der Waals surface area (Å²) in [6.45, 7) is 8.92. The molecule has 0 amide bonds. The van der Waals surface area contributed by atoms with Gasteiger partial charge in [0.25, 0.3) is 0 Å². The van der Waals surface area contributed by atoms with E-state index in [0.717, 1.165) is 19.5 Å². The molecule has 3 rings (SSSR count). The third-order valence-corrected chi connectivity index (χ3v) is 4.21. The van der Waals surface area contributed by atoms with Crippen LogP contribution in [0.4, 0.5) is 0 Å². The molecular weight excluding hydrogens is 224 g/mol. The fraction of sp³-hybridized carbons (Fsp3) is 0.714. The van der Waals surface area contributed by atoms with E-state index in [1.807, 2.05) is 0 Å². The molecule has 3 N–H and O–H groups in total. The Balaban J connectivity index is 1.81. The number of nitrogens with zero attached hydrogens (tertiary/aromatic N) is 1. The van der Waals surface area contributed by atoms with Gasteiger partial charge >= 0.3 is 0 Å². The summed E-state index contributed by atoms with van der Waals surface area (Å²) in [6.07, 6.45) is 8.02. The molecule has 18 heavy (non-hydrogen) atoms. The molecule has 0 unspecified atom stereocenters. The fourth-order valence-corrected chi connectivity index (χ4v) is 2.95. The first-order valence-corrected chi connectivity index (χ1v) is 6.94. The van der Waals surface area contributed by atoms with E-state index < -0.39 is 0 Å². The Labute approximate surface area is 109 Å². The van der Waals surface area contributed by atoms with E-state index in [-0.39, 0.29) is 11.1 Å². The zero-order valence-corrected chi connectivity index (χ0v) is 11.6. The number of fused-ring (bicyclic) bond motifs is 1. The molecule has 4 nitrogen and oxygen atoms in total. The molecule has 100 valence electrons. The number of nitrogens with one attached hydrogen (secondary N) is 3. The zero-order valence-electron chi connectivity index (χ0n) is 11.6. The van der Waals surface area contributed by atoms with Crippen molar-refractivity contribution in [2.24, 2.45) is 0 Å². The minimum absolute atomic E-state index is 0.118. The highest BCUT2D eigenvalue weighted by molar-refractivity contribution is 5.38. The van der Waals surface area contributed by atoms with Crippen molar-refractivity contribution in [3.8, 4) is 0 Å². The fourth-order valence-electron chi connectivity index (χ4n) is 2.95. The van der Waals surface area contributed by atoms with E-state index in [2.05, 4.69) is 54.2 Å². The minimum atomic E-state index is 0.118. The highest BCUT2D eigenvalue weighted by atomic mass is 15.5. The average Bonchev–Trinajstić information content (AvgIpc) is 2.72. The Morgan fingerprint density at radius 1 is 1.22 bits per heavy atom. The normalized spacial score (nSPS) is 26.1. The Kier molecular flexibility index (Phi) is 2.59. The van der Waals surface area contributed by atoms with Crippen LogP contribution in [0.1, 0.15) is 40.0 Å². The van der Waals surface area contributed by atoms with Gasteiger partial charge in [-0.05, 0) is 58.7 Å². The third-order valence-electron chi connectivity index (χ3n) is 4.21. The largest absolute Gasteiger partial charge is 0.383 e. The van der Waals surface area contributed by atoms with Crippen molar-refractivity contribution in [2.75, 3.05) is 13.1 Å².